The van der Waals surface area contributed by atoms with Crippen molar-refractivity contribution in [2.24, 2.45) is 0 Å². The summed E-state index contributed by atoms with van der Waals surface area (Å²) in [5.41, 5.74) is 4.54. The van der Waals surface area contributed by atoms with Crippen LogP contribution in [0.3, 0.4) is 0 Å². The summed E-state index contributed by atoms with van der Waals surface area (Å²) in [5, 5.41) is 8.44. The van der Waals surface area contributed by atoms with E-state index in [9.17, 15) is 14.4 Å². The Bertz CT molecular complexity index is 1140. The SMILES string of the molecule is CCc1ccc(CNC(=O)c2ccc(NC(=O)N3CC(=O)Nc4ccccc43)cc2)cc1. The van der Waals surface area contributed by atoms with E-state index in [1.54, 1.807) is 42.5 Å². The molecule has 0 aliphatic carbocycles. The largest absolute Gasteiger partial charge is 0.348 e. The Balaban J connectivity index is 1.36. The number of aryl methyl sites for hydroxylation is 1. The van der Waals surface area contributed by atoms with Crippen molar-refractivity contribution < 1.29 is 14.4 Å². The van der Waals surface area contributed by atoms with Crippen LogP contribution < -0.4 is 20.9 Å². The van der Waals surface area contributed by atoms with Gasteiger partial charge in [0.1, 0.15) is 6.54 Å². The van der Waals surface area contributed by atoms with Gasteiger partial charge in [-0.3, -0.25) is 14.5 Å². The lowest BCUT2D eigenvalue weighted by atomic mass is 10.1. The monoisotopic (exact) mass is 428 g/mol. The number of hydrogen-bond acceptors (Lipinski definition) is 3. The maximum atomic E-state index is 12.8. The number of amides is 4. The van der Waals surface area contributed by atoms with E-state index in [-0.39, 0.29) is 18.4 Å². The number of rotatable bonds is 5. The molecule has 32 heavy (non-hydrogen) atoms. The Morgan fingerprint density at radius 2 is 1.62 bits per heavy atom. The second kappa shape index (κ2) is 9.34. The van der Waals surface area contributed by atoms with Crippen molar-refractivity contribution >= 4 is 34.9 Å². The summed E-state index contributed by atoms with van der Waals surface area (Å²) in [7, 11) is 0. The molecule has 0 saturated carbocycles. The fourth-order valence-electron chi connectivity index (χ4n) is 3.49. The molecule has 4 amide bonds. The summed E-state index contributed by atoms with van der Waals surface area (Å²) in [6.07, 6.45) is 0.979. The van der Waals surface area contributed by atoms with Crippen molar-refractivity contribution in [3.63, 3.8) is 0 Å². The first-order valence-corrected chi connectivity index (χ1v) is 10.5. The van der Waals surface area contributed by atoms with Crippen molar-refractivity contribution in [3.05, 3.63) is 89.5 Å². The normalized spacial score (nSPS) is 12.5. The standard InChI is InChI=1S/C25H24N4O3/c1-2-17-7-9-18(10-8-17)15-26-24(31)19-11-13-20(14-12-19)27-25(32)29-16-23(30)28-21-5-3-4-6-22(21)29/h3-14H,2,15-16H2,1H3,(H,26,31)(H,27,32)(H,28,30). The molecule has 0 saturated heterocycles. The average molecular weight is 428 g/mol. The minimum absolute atomic E-state index is 0.0669. The topological polar surface area (TPSA) is 90.5 Å². The molecule has 1 heterocycles. The molecule has 3 N–H and O–H groups in total. The highest BCUT2D eigenvalue weighted by molar-refractivity contribution is 6.12. The number of fused-ring (bicyclic) bond motifs is 1. The second-order valence-electron chi connectivity index (χ2n) is 7.51. The van der Waals surface area contributed by atoms with Crippen LogP contribution in [0.15, 0.2) is 72.8 Å². The van der Waals surface area contributed by atoms with Gasteiger partial charge in [0, 0.05) is 17.8 Å². The third kappa shape index (κ3) is 4.78. The Hall–Kier alpha value is -4.13. The first kappa shape index (κ1) is 21.1. The van der Waals surface area contributed by atoms with Gasteiger partial charge in [-0.05, 0) is 53.9 Å². The zero-order valence-corrected chi connectivity index (χ0v) is 17.7. The number of carbonyl (C=O) groups excluding carboxylic acids is 3. The van der Waals surface area contributed by atoms with Crippen LogP contribution in [-0.4, -0.2) is 24.4 Å². The van der Waals surface area contributed by atoms with Crippen LogP contribution in [-0.2, 0) is 17.8 Å². The highest BCUT2D eigenvalue weighted by Gasteiger charge is 2.26. The molecule has 162 valence electrons. The lowest BCUT2D eigenvalue weighted by Crippen LogP contribution is -2.44. The maximum Gasteiger partial charge on any atom is 0.326 e. The number of nitrogens with zero attached hydrogens (tertiary/aromatic N) is 1. The molecule has 1 aliphatic rings. The number of nitrogens with one attached hydrogen (secondary N) is 3. The van der Waals surface area contributed by atoms with Gasteiger partial charge in [0.2, 0.25) is 5.91 Å². The molecule has 4 rings (SSSR count). The summed E-state index contributed by atoms with van der Waals surface area (Å²) >= 11 is 0. The van der Waals surface area contributed by atoms with Crippen molar-refractivity contribution in [2.75, 3.05) is 22.1 Å². The molecule has 3 aromatic carbocycles. The van der Waals surface area contributed by atoms with Crippen LogP contribution in [0.4, 0.5) is 21.9 Å². The third-order valence-corrected chi connectivity index (χ3v) is 5.30. The summed E-state index contributed by atoms with van der Waals surface area (Å²) in [6.45, 7) is 2.48. The van der Waals surface area contributed by atoms with Crippen molar-refractivity contribution in [2.45, 2.75) is 19.9 Å². The van der Waals surface area contributed by atoms with Gasteiger partial charge in [0.15, 0.2) is 0 Å². The summed E-state index contributed by atoms with van der Waals surface area (Å²) in [4.78, 5) is 38.5. The second-order valence-corrected chi connectivity index (χ2v) is 7.51. The molecule has 0 radical (unpaired) electrons. The van der Waals surface area contributed by atoms with E-state index in [0.29, 0.717) is 29.2 Å². The minimum atomic E-state index is -0.417. The Morgan fingerprint density at radius 3 is 2.34 bits per heavy atom. The maximum absolute atomic E-state index is 12.8. The van der Waals surface area contributed by atoms with Crippen LogP contribution >= 0.6 is 0 Å². The van der Waals surface area contributed by atoms with Crippen LogP contribution in [0.5, 0.6) is 0 Å². The highest BCUT2D eigenvalue weighted by Crippen LogP contribution is 2.29. The van der Waals surface area contributed by atoms with Gasteiger partial charge in [-0.25, -0.2) is 4.79 Å². The van der Waals surface area contributed by atoms with E-state index < -0.39 is 6.03 Å². The molecular weight excluding hydrogens is 404 g/mol. The van der Waals surface area contributed by atoms with Gasteiger partial charge in [0.05, 0.1) is 11.4 Å². The molecule has 7 nitrogen and oxygen atoms in total. The minimum Gasteiger partial charge on any atom is -0.348 e. The van der Waals surface area contributed by atoms with Crippen LogP contribution in [0.2, 0.25) is 0 Å². The summed E-state index contributed by atoms with van der Waals surface area (Å²) in [5.74, 6) is -0.445. The van der Waals surface area contributed by atoms with Crippen molar-refractivity contribution in [1.82, 2.24) is 5.32 Å². The van der Waals surface area contributed by atoms with E-state index in [2.05, 4.69) is 35.0 Å². The van der Waals surface area contributed by atoms with Crippen LogP contribution in [0.25, 0.3) is 0 Å². The fraction of sp³-hybridized carbons (Fsp3) is 0.160. The first-order valence-electron chi connectivity index (χ1n) is 10.5. The zero-order chi connectivity index (χ0) is 22.5. The fourth-order valence-corrected chi connectivity index (χ4v) is 3.49. The predicted molar refractivity (Wildman–Crippen MR) is 125 cm³/mol. The van der Waals surface area contributed by atoms with Gasteiger partial charge in [-0.15, -0.1) is 0 Å². The van der Waals surface area contributed by atoms with E-state index in [1.165, 1.54) is 10.5 Å². The van der Waals surface area contributed by atoms with Gasteiger partial charge >= 0.3 is 6.03 Å². The van der Waals surface area contributed by atoms with E-state index >= 15 is 0 Å². The van der Waals surface area contributed by atoms with Crippen LogP contribution in [0.1, 0.15) is 28.4 Å². The van der Waals surface area contributed by atoms with Crippen molar-refractivity contribution in [3.8, 4) is 0 Å². The summed E-state index contributed by atoms with van der Waals surface area (Å²) in [6, 6.07) is 21.5. The Morgan fingerprint density at radius 1 is 0.938 bits per heavy atom. The van der Waals surface area contributed by atoms with Gasteiger partial charge in [-0.1, -0.05) is 43.3 Å². The zero-order valence-electron chi connectivity index (χ0n) is 17.7. The molecule has 0 bridgehead atoms. The molecule has 0 spiro atoms. The van der Waals surface area contributed by atoms with Gasteiger partial charge in [0.25, 0.3) is 5.91 Å². The summed E-state index contributed by atoms with van der Waals surface area (Å²) < 4.78 is 0. The van der Waals surface area contributed by atoms with Crippen LogP contribution in [0, 0.1) is 0 Å². The number of hydrogen-bond donors (Lipinski definition) is 3. The Kier molecular flexibility index (Phi) is 6.17. The number of urea groups is 1. The molecule has 7 heteroatoms. The number of carbonyl (C=O) groups is 3. The van der Waals surface area contributed by atoms with Gasteiger partial charge in [-0.2, -0.15) is 0 Å². The van der Waals surface area contributed by atoms with E-state index in [0.717, 1.165) is 12.0 Å². The molecule has 1 aliphatic heterocycles. The third-order valence-electron chi connectivity index (χ3n) is 5.30. The van der Waals surface area contributed by atoms with E-state index in [4.69, 9.17) is 0 Å². The van der Waals surface area contributed by atoms with Crippen molar-refractivity contribution in [1.29, 1.82) is 0 Å². The molecule has 0 unspecified atom stereocenters. The predicted octanol–water partition coefficient (Wildman–Crippen LogP) is 4.17. The van der Waals surface area contributed by atoms with E-state index in [1.807, 2.05) is 18.2 Å². The molecule has 0 aromatic heterocycles. The van der Waals surface area contributed by atoms with Gasteiger partial charge < -0.3 is 16.0 Å². The number of para-hydroxylation sites is 2. The molecule has 0 fully saturated rings. The quantitative estimate of drug-likeness (QED) is 0.570. The highest BCUT2D eigenvalue weighted by atomic mass is 16.2. The molecule has 0 atom stereocenters. The lowest BCUT2D eigenvalue weighted by Gasteiger charge is -2.29. The molecule has 3 aromatic rings. The molecular formula is C25H24N4O3. The first-order chi connectivity index (χ1) is 15.5. The average Bonchev–Trinajstić information content (AvgIpc) is 2.82. The smallest absolute Gasteiger partial charge is 0.326 e. The number of anilines is 3. The lowest BCUT2D eigenvalue weighted by molar-refractivity contribution is -0.115. The Labute approximate surface area is 186 Å². The number of benzene rings is 3.